The summed E-state index contributed by atoms with van der Waals surface area (Å²) < 4.78 is 5.75. The average Bonchev–Trinajstić information content (AvgIpc) is 2.69. The lowest BCUT2D eigenvalue weighted by Crippen LogP contribution is -1.94. The highest BCUT2D eigenvalue weighted by molar-refractivity contribution is 7.09. The van der Waals surface area contributed by atoms with Gasteiger partial charge in [-0.1, -0.05) is 23.8 Å². The molecule has 0 fully saturated rings. The van der Waals surface area contributed by atoms with Crippen LogP contribution in [-0.4, -0.2) is 0 Å². The molecule has 0 saturated carbocycles. The molecule has 0 radical (unpaired) electrons. The maximum Gasteiger partial charge on any atom is 0.122 e. The number of thiophene rings is 1. The molecular formula is C13H14OS. The molecule has 2 rings (SSSR count). The molecule has 1 aromatic carbocycles. The van der Waals surface area contributed by atoms with E-state index in [1.807, 2.05) is 12.1 Å². The Morgan fingerprint density at radius 2 is 2.07 bits per heavy atom. The van der Waals surface area contributed by atoms with Crippen LogP contribution in [0.5, 0.6) is 5.75 Å². The number of rotatable bonds is 3. The molecule has 2 aromatic rings. The fourth-order valence-electron chi connectivity index (χ4n) is 1.50. The number of aryl methyl sites for hydroxylation is 2. The van der Waals surface area contributed by atoms with E-state index in [0.717, 1.165) is 5.75 Å². The maximum absolute atomic E-state index is 5.75. The van der Waals surface area contributed by atoms with Crippen LogP contribution in [0.3, 0.4) is 0 Å². The first-order chi connectivity index (χ1) is 7.25. The first-order valence-electron chi connectivity index (χ1n) is 4.98. The van der Waals surface area contributed by atoms with Crippen LogP contribution in [0.4, 0.5) is 0 Å². The van der Waals surface area contributed by atoms with E-state index in [1.54, 1.807) is 11.3 Å². The quantitative estimate of drug-likeness (QED) is 0.758. The maximum atomic E-state index is 5.75. The van der Waals surface area contributed by atoms with Crippen LogP contribution >= 0.6 is 11.3 Å². The molecule has 78 valence electrons. The number of hydrogen-bond acceptors (Lipinski definition) is 2. The average molecular weight is 218 g/mol. The Morgan fingerprint density at radius 1 is 1.20 bits per heavy atom. The predicted molar refractivity (Wildman–Crippen MR) is 64.6 cm³/mol. The molecule has 0 saturated heterocycles. The van der Waals surface area contributed by atoms with Gasteiger partial charge in [0.15, 0.2) is 0 Å². The lowest BCUT2D eigenvalue weighted by Gasteiger charge is -2.08. The van der Waals surface area contributed by atoms with Gasteiger partial charge in [-0.25, -0.2) is 0 Å². The standard InChI is InChI=1S/C13H14OS/c1-10-5-6-13(11(2)8-10)14-9-12-4-3-7-15-12/h3-8H,9H2,1-2H3. The van der Waals surface area contributed by atoms with Crippen molar-refractivity contribution in [2.45, 2.75) is 20.5 Å². The van der Waals surface area contributed by atoms with Gasteiger partial charge >= 0.3 is 0 Å². The molecule has 15 heavy (non-hydrogen) atoms. The molecule has 0 unspecified atom stereocenters. The van der Waals surface area contributed by atoms with E-state index < -0.39 is 0 Å². The van der Waals surface area contributed by atoms with Gasteiger partial charge in [-0.3, -0.25) is 0 Å². The van der Waals surface area contributed by atoms with Crippen molar-refractivity contribution in [2.24, 2.45) is 0 Å². The Kier molecular flexibility index (Phi) is 3.07. The summed E-state index contributed by atoms with van der Waals surface area (Å²) in [6.45, 7) is 4.84. The van der Waals surface area contributed by atoms with Crippen molar-refractivity contribution in [3.8, 4) is 5.75 Å². The fourth-order valence-corrected chi connectivity index (χ4v) is 2.12. The normalized spacial score (nSPS) is 10.3. The van der Waals surface area contributed by atoms with Crippen LogP contribution in [0.1, 0.15) is 16.0 Å². The predicted octanol–water partition coefficient (Wildman–Crippen LogP) is 3.94. The van der Waals surface area contributed by atoms with Gasteiger partial charge in [0.1, 0.15) is 12.4 Å². The topological polar surface area (TPSA) is 9.23 Å². The van der Waals surface area contributed by atoms with Gasteiger partial charge in [0.05, 0.1) is 0 Å². The summed E-state index contributed by atoms with van der Waals surface area (Å²) in [4.78, 5) is 1.26. The lowest BCUT2D eigenvalue weighted by molar-refractivity contribution is 0.307. The van der Waals surface area contributed by atoms with Gasteiger partial charge in [-0.05, 0) is 36.9 Å². The van der Waals surface area contributed by atoms with Gasteiger partial charge in [-0.2, -0.15) is 0 Å². The minimum absolute atomic E-state index is 0.668. The molecule has 0 aliphatic rings. The van der Waals surface area contributed by atoms with Crippen LogP contribution in [0.25, 0.3) is 0 Å². The smallest absolute Gasteiger partial charge is 0.122 e. The van der Waals surface area contributed by atoms with Crippen LogP contribution in [0.2, 0.25) is 0 Å². The highest BCUT2D eigenvalue weighted by Crippen LogP contribution is 2.20. The van der Waals surface area contributed by atoms with E-state index in [0.29, 0.717) is 6.61 Å². The van der Waals surface area contributed by atoms with Gasteiger partial charge in [0.2, 0.25) is 0 Å². The van der Waals surface area contributed by atoms with Crippen molar-refractivity contribution in [1.82, 2.24) is 0 Å². The molecule has 0 amide bonds. The van der Waals surface area contributed by atoms with E-state index >= 15 is 0 Å². The summed E-state index contributed by atoms with van der Waals surface area (Å²) in [7, 11) is 0. The molecule has 1 aromatic heterocycles. The van der Waals surface area contributed by atoms with Crippen molar-refractivity contribution in [1.29, 1.82) is 0 Å². The third-order valence-corrected chi connectivity index (χ3v) is 3.13. The van der Waals surface area contributed by atoms with Crippen molar-refractivity contribution in [3.63, 3.8) is 0 Å². The molecule has 1 nitrogen and oxygen atoms in total. The summed E-state index contributed by atoms with van der Waals surface area (Å²) in [5, 5.41) is 2.07. The highest BCUT2D eigenvalue weighted by atomic mass is 32.1. The molecule has 0 aliphatic heterocycles. The largest absolute Gasteiger partial charge is 0.488 e. The molecule has 0 bridgehead atoms. The van der Waals surface area contributed by atoms with Gasteiger partial charge in [0, 0.05) is 4.88 Å². The van der Waals surface area contributed by atoms with Crippen molar-refractivity contribution >= 4 is 11.3 Å². The van der Waals surface area contributed by atoms with E-state index in [2.05, 4.69) is 37.4 Å². The fraction of sp³-hybridized carbons (Fsp3) is 0.231. The first kappa shape index (κ1) is 10.2. The minimum atomic E-state index is 0.668. The highest BCUT2D eigenvalue weighted by Gasteiger charge is 2.00. The zero-order valence-electron chi connectivity index (χ0n) is 8.99. The molecular weight excluding hydrogens is 204 g/mol. The number of ether oxygens (including phenoxy) is 1. The minimum Gasteiger partial charge on any atom is -0.488 e. The van der Waals surface area contributed by atoms with E-state index in [4.69, 9.17) is 4.74 Å². The molecule has 0 N–H and O–H groups in total. The summed E-state index contributed by atoms with van der Waals surface area (Å²) in [5.74, 6) is 0.981. The van der Waals surface area contributed by atoms with Crippen molar-refractivity contribution < 1.29 is 4.74 Å². The summed E-state index contributed by atoms with van der Waals surface area (Å²) in [6, 6.07) is 10.4. The SMILES string of the molecule is Cc1ccc(OCc2cccs2)c(C)c1. The monoisotopic (exact) mass is 218 g/mol. The zero-order valence-corrected chi connectivity index (χ0v) is 9.80. The van der Waals surface area contributed by atoms with Crippen molar-refractivity contribution in [2.75, 3.05) is 0 Å². The third kappa shape index (κ3) is 2.60. The van der Waals surface area contributed by atoms with Gasteiger partial charge in [-0.15, -0.1) is 11.3 Å². The van der Waals surface area contributed by atoms with Crippen molar-refractivity contribution in [3.05, 3.63) is 51.7 Å². The molecule has 0 aliphatic carbocycles. The van der Waals surface area contributed by atoms with E-state index in [1.165, 1.54) is 16.0 Å². The van der Waals surface area contributed by atoms with E-state index in [9.17, 15) is 0 Å². The summed E-state index contributed by atoms with van der Waals surface area (Å²) >= 11 is 1.73. The Balaban J connectivity index is 2.05. The Hall–Kier alpha value is -1.28. The second kappa shape index (κ2) is 4.49. The van der Waals surface area contributed by atoms with Crippen LogP contribution < -0.4 is 4.74 Å². The Labute approximate surface area is 94.3 Å². The number of hydrogen-bond donors (Lipinski definition) is 0. The van der Waals surface area contributed by atoms with Gasteiger partial charge in [0.25, 0.3) is 0 Å². The third-order valence-electron chi connectivity index (χ3n) is 2.28. The van der Waals surface area contributed by atoms with Crippen LogP contribution in [0, 0.1) is 13.8 Å². The number of benzene rings is 1. The second-order valence-electron chi connectivity index (χ2n) is 3.64. The first-order valence-corrected chi connectivity index (χ1v) is 5.86. The second-order valence-corrected chi connectivity index (χ2v) is 4.67. The molecule has 2 heteroatoms. The van der Waals surface area contributed by atoms with Gasteiger partial charge < -0.3 is 4.74 Å². The van der Waals surface area contributed by atoms with Crippen LogP contribution in [-0.2, 0) is 6.61 Å². The lowest BCUT2D eigenvalue weighted by atomic mass is 10.1. The molecule has 1 heterocycles. The summed E-state index contributed by atoms with van der Waals surface area (Å²) in [5.41, 5.74) is 2.47. The van der Waals surface area contributed by atoms with Crippen LogP contribution in [0.15, 0.2) is 35.7 Å². The van der Waals surface area contributed by atoms with E-state index in [-0.39, 0.29) is 0 Å². The molecule has 0 spiro atoms. The zero-order chi connectivity index (χ0) is 10.7. The Bertz CT molecular complexity index is 432. The Morgan fingerprint density at radius 3 is 2.73 bits per heavy atom. The molecule has 0 atom stereocenters. The summed E-state index contributed by atoms with van der Waals surface area (Å²) in [6.07, 6.45) is 0.